The maximum atomic E-state index is 6.19. The van der Waals surface area contributed by atoms with Crippen LogP contribution in [0.4, 0.5) is 0 Å². The average molecular weight is 405 g/mol. The Kier molecular flexibility index (Phi) is 5.52. The van der Waals surface area contributed by atoms with E-state index in [0.717, 1.165) is 28.2 Å². The number of ether oxygens (including phenoxy) is 3. The van der Waals surface area contributed by atoms with Crippen molar-refractivity contribution in [1.82, 2.24) is 10.2 Å². The molecule has 0 saturated heterocycles. The molecule has 0 amide bonds. The van der Waals surface area contributed by atoms with Gasteiger partial charge in [0.25, 0.3) is 11.1 Å². The second kappa shape index (κ2) is 8.21. The molecule has 0 N–H and O–H groups in total. The lowest BCUT2D eigenvalue weighted by Gasteiger charge is -2.20. The van der Waals surface area contributed by atoms with Gasteiger partial charge < -0.3 is 18.6 Å². The number of aryl methyl sites for hydroxylation is 1. The topological polar surface area (TPSA) is 66.6 Å². The van der Waals surface area contributed by atoms with Crippen molar-refractivity contribution in [3.05, 3.63) is 64.0 Å². The predicted molar refractivity (Wildman–Crippen MR) is 101 cm³/mol. The van der Waals surface area contributed by atoms with Crippen LogP contribution in [-0.2, 0) is 23.7 Å². The normalized spacial score (nSPS) is 13.1. The zero-order valence-corrected chi connectivity index (χ0v) is 16.2. The molecule has 0 fully saturated rings. The molecular weight excluding hydrogens is 388 g/mol. The van der Waals surface area contributed by atoms with Crippen LogP contribution in [0, 0.1) is 6.92 Å². The largest absolute Gasteiger partial charge is 0.484 e. The molecule has 0 radical (unpaired) electrons. The fourth-order valence-electron chi connectivity index (χ4n) is 2.71. The molecule has 1 aliphatic rings. The number of hydrogen-bond donors (Lipinski definition) is 0. The van der Waals surface area contributed by atoms with Crippen molar-refractivity contribution in [2.24, 2.45) is 0 Å². The monoisotopic (exact) mass is 404 g/mol. The summed E-state index contributed by atoms with van der Waals surface area (Å²) in [7, 11) is 0. The van der Waals surface area contributed by atoms with Gasteiger partial charge in [-0.3, -0.25) is 0 Å². The van der Waals surface area contributed by atoms with Gasteiger partial charge in [0.1, 0.15) is 11.5 Å². The summed E-state index contributed by atoms with van der Waals surface area (Å²) in [5.41, 5.74) is 3.05. The van der Waals surface area contributed by atoms with Crippen LogP contribution in [0.3, 0.4) is 0 Å². The molecule has 4 rings (SSSR count). The lowest BCUT2D eigenvalue weighted by Crippen LogP contribution is -2.12. The van der Waals surface area contributed by atoms with Gasteiger partial charge in [0.05, 0.1) is 6.61 Å². The lowest BCUT2D eigenvalue weighted by molar-refractivity contribution is -0.0168. The number of fused-ring (bicyclic) bond motifs is 1. The number of aromatic nitrogens is 2. The van der Waals surface area contributed by atoms with Gasteiger partial charge in [-0.25, -0.2) is 0 Å². The van der Waals surface area contributed by atoms with Crippen molar-refractivity contribution in [2.45, 2.75) is 31.1 Å². The fraction of sp³-hybridized carbons (Fsp3) is 0.263. The van der Waals surface area contributed by atoms with E-state index in [1.54, 1.807) is 0 Å². The summed E-state index contributed by atoms with van der Waals surface area (Å²) in [6.07, 6.45) is 0. The van der Waals surface area contributed by atoms with Gasteiger partial charge in [-0.15, -0.1) is 10.2 Å². The second-order valence-corrected chi connectivity index (χ2v) is 7.38. The smallest absolute Gasteiger partial charge is 0.277 e. The minimum absolute atomic E-state index is 0.226. The Morgan fingerprint density at radius 3 is 3.04 bits per heavy atom. The van der Waals surface area contributed by atoms with Gasteiger partial charge in [0, 0.05) is 21.9 Å². The van der Waals surface area contributed by atoms with E-state index in [1.165, 1.54) is 11.8 Å². The van der Waals surface area contributed by atoms with E-state index < -0.39 is 0 Å². The molecule has 8 heteroatoms. The SMILES string of the molecule is Cc1cccc(OCc2nnc(SCc3cc(Cl)cc4c3OCOC4)o2)c1. The second-order valence-electron chi connectivity index (χ2n) is 6.02. The highest BCUT2D eigenvalue weighted by Gasteiger charge is 2.17. The van der Waals surface area contributed by atoms with Crippen LogP contribution in [0.25, 0.3) is 0 Å². The summed E-state index contributed by atoms with van der Waals surface area (Å²) < 4.78 is 22.3. The van der Waals surface area contributed by atoms with Crippen LogP contribution in [-0.4, -0.2) is 17.0 Å². The minimum Gasteiger partial charge on any atom is -0.484 e. The minimum atomic E-state index is 0.226. The molecule has 2 heterocycles. The molecule has 0 spiro atoms. The molecular formula is C19H17ClN2O4S. The van der Waals surface area contributed by atoms with E-state index in [2.05, 4.69) is 10.2 Å². The highest BCUT2D eigenvalue weighted by molar-refractivity contribution is 7.98. The molecule has 0 unspecified atom stereocenters. The Morgan fingerprint density at radius 1 is 1.22 bits per heavy atom. The third-order valence-electron chi connectivity index (χ3n) is 3.90. The Bertz CT molecular complexity index is 947. The summed E-state index contributed by atoms with van der Waals surface area (Å²) >= 11 is 7.61. The first-order valence-electron chi connectivity index (χ1n) is 8.34. The summed E-state index contributed by atoms with van der Waals surface area (Å²) in [5, 5.41) is 9.21. The maximum Gasteiger partial charge on any atom is 0.277 e. The number of halogens is 1. The number of nitrogens with zero attached hydrogens (tertiary/aromatic N) is 2. The first-order valence-corrected chi connectivity index (χ1v) is 9.70. The molecule has 1 aliphatic heterocycles. The molecule has 140 valence electrons. The van der Waals surface area contributed by atoms with Gasteiger partial charge in [0.15, 0.2) is 13.4 Å². The van der Waals surface area contributed by atoms with Gasteiger partial charge in [-0.2, -0.15) is 0 Å². The van der Waals surface area contributed by atoms with Crippen molar-refractivity contribution in [1.29, 1.82) is 0 Å². The van der Waals surface area contributed by atoms with Crippen molar-refractivity contribution in [2.75, 3.05) is 6.79 Å². The molecule has 0 aliphatic carbocycles. The molecule has 27 heavy (non-hydrogen) atoms. The third-order valence-corrected chi connectivity index (χ3v) is 4.99. The van der Waals surface area contributed by atoms with Crippen LogP contribution in [0.15, 0.2) is 46.0 Å². The van der Waals surface area contributed by atoms with Gasteiger partial charge in [0.2, 0.25) is 0 Å². The summed E-state index contributed by atoms with van der Waals surface area (Å²) in [4.78, 5) is 0. The van der Waals surface area contributed by atoms with Crippen LogP contribution in [0.1, 0.15) is 22.6 Å². The summed E-state index contributed by atoms with van der Waals surface area (Å²) in [5.74, 6) is 2.62. The quantitative estimate of drug-likeness (QED) is 0.548. The molecule has 0 bridgehead atoms. The summed E-state index contributed by atoms with van der Waals surface area (Å²) in [6, 6.07) is 11.6. The van der Waals surface area contributed by atoms with E-state index in [0.29, 0.717) is 28.5 Å². The predicted octanol–water partition coefficient (Wildman–Crippen LogP) is 4.77. The highest BCUT2D eigenvalue weighted by Crippen LogP contribution is 2.35. The van der Waals surface area contributed by atoms with E-state index in [9.17, 15) is 0 Å². The lowest BCUT2D eigenvalue weighted by atomic mass is 10.1. The Labute approximate surface area is 165 Å². The zero-order valence-electron chi connectivity index (χ0n) is 14.6. The van der Waals surface area contributed by atoms with Crippen LogP contribution < -0.4 is 9.47 Å². The molecule has 0 saturated carbocycles. The average Bonchev–Trinajstić information content (AvgIpc) is 3.12. The number of benzene rings is 2. The number of thioether (sulfide) groups is 1. The highest BCUT2D eigenvalue weighted by atomic mass is 35.5. The molecule has 1 aromatic heterocycles. The summed E-state index contributed by atoms with van der Waals surface area (Å²) in [6.45, 7) is 2.98. The number of hydrogen-bond acceptors (Lipinski definition) is 7. The molecule has 6 nitrogen and oxygen atoms in total. The van der Waals surface area contributed by atoms with E-state index in [1.807, 2.05) is 43.3 Å². The van der Waals surface area contributed by atoms with Crippen molar-refractivity contribution in [3.63, 3.8) is 0 Å². The first-order chi connectivity index (χ1) is 13.2. The van der Waals surface area contributed by atoms with Crippen LogP contribution >= 0.6 is 23.4 Å². The molecule has 2 aromatic carbocycles. The standard InChI is InChI=1S/C19H17ClN2O4S/c1-12-3-2-4-16(5-12)24-9-17-21-22-19(26-17)27-10-14-7-15(20)6-13-8-23-11-25-18(13)14/h2-7H,8-11H2,1H3. The first kappa shape index (κ1) is 18.2. The third kappa shape index (κ3) is 4.55. The van der Waals surface area contributed by atoms with E-state index in [4.69, 9.17) is 30.2 Å². The van der Waals surface area contributed by atoms with Crippen LogP contribution in [0.2, 0.25) is 5.02 Å². The zero-order chi connectivity index (χ0) is 18.6. The van der Waals surface area contributed by atoms with Gasteiger partial charge >= 0.3 is 0 Å². The fourth-order valence-corrected chi connectivity index (χ4v) is 3.72. The van der Waals surface area contributed by atoms with Crippen molar-refractivity contribution < 1.29 is 18.6 Å². The van der Waals surface area contributed by atoms with Gasteiger partial charge in [-0.1, -0.05) is 35.5 Å². The van der Waals surface area contributed by atoms with E-state index in [-0.39, 0.29) is 13.4 Å². The molecule has 3 aromatic rings. The Balaban J connectivity index is 1.38. The van der Waals surface area contributed by atoms with Crippen molar-refractivity contribution in [3.8, 4) is 11.5 Å². The van der Waals surface area contributed by atoms with Crippen LogP contribution in [0.5, 0.6) is 11.5 Å². The number of rotatable bonds is 6. The molecule has 0 atom stereocenters. The van der Waals surface area contributed by atoms with Gasteiger partial charge in [-0.05, 0) is 36.8 Å². The Morgan fingerprint density at radius 2 is 2.15 bits per heavy atom. The maximum absolute atomic E-state index is 6.19. The van der Waals surface area contributed by atoms with E-state index >= 15 is 0 Å². The van der Waals surface area contributed by atoms with Crippen molar-refractivity contribution >= 4 is 23.4 Å². The Hall–Kier alpha value is -2.22.